The predicted octanol–water partition coefficient (Wildman–Crippen LogP) is 4.37. The van der Waals surface area contributed by atoms with Crippen molar-refractivity contribution in [3.05, 3.63) is 6.08 Å². The second-order valence-electron chi connectivity index (χ2n) is 3.77. The highest BCUT2D eigenvalue weighted by atomic mass is 14.7. The normalized spacial score (nSPS) is 9.57. The fourth-order valence-electron chi connectivity index (χ4n) is 1.31. The average Bonchev–Trinajstić information content (AvgIpc) is 2.21. The minimum atomic E-state index is 0.958. The number of allylic oxidation sites excluding steroid dienone is 1. The van der Waals surface area contributed by atoms with Gasteiger partial charge in [0.05, 0.1) is 0 Å². The Hall–Kier alpha value is -0.550. The lowest BCUT2D eigenvalue weighted by molar-refractivity contribution is 0.675. The second kappa shape index (κ2) is 12.4. The Balaban J connectivity index is 3.16. The molecule has 1 nitrogen and oxygen atoms in total. The summed E-state index contributed by atoms with van der Waals surface area (Å²) in [4.78, 5) is 4.22. The minimum Gasteiger partial charge on any atom is -0.243 e. The first-order chi connectivity index (χ1) is 6.91. The van der Waals surface area contributed by atoms with Gasteiger partial charge in [0.1, 0.15) is 0 Å². The SMILES string of the molecule is CCCCCCC=C=NCCCCC. The first-order valence-corrected chi connectivity index (χ1v) is 6.15. The van der Waals surface area contributed by atoms with E-state index in [0.29, 0.717) is 0 Å². The van der Waals surface area contributed by atoms with Crippen molar-refractivity contribution in [2.45, 2.75) is 65.2 Å². The summed E-state index contributed by atoms with van der Waals surface area (Å²) in [7, 11) is 0. The van der Waals surface area contributed by atoms with Gasteiger partial charge in [-0.25, -0.2) is 4.99 Å². The van der Waals surface area contributed by atoms with E-state index in [4.69, 9.17) is 0 Å². The van der Waals surface area contributed by atoms with E-state index in [1.807, 2.05) is 0 Å². The third-order valence-electron chi connectivity index (χ3n) is 2.26. The van der Waals surface area contributed by atoms with Crippen LogP contribution >= 0.6 is 0 Å². The van der Waals surface area contributed by atoms with Crippen molar-refractivity contribution in [1.29, 1.82) is 0 Å². The van der Waals surface area contributed by atoms with Crippen LogP contribution < -0.4 is 0 Å². The van der Waals surface area contributed by atoms with Gasteiger partial charge in [-0.1, -0.05) is 46.0 Å². The van der Waals surface area contributed by atoms with Crippen molar-refractivity contribution in [3.63, 3.8) is 0 Å². The van der Waals surface area contributed by atoms with Crippen molar-refractivity contribution >= 4 is 5.87 Å². The highest BCUT2D eigenvalue weighted by molar-refractivity contribution is 5.51. The van der Waals surface area contributed by atoms with Crippen LogP contribution in [0.1, 0.15) is 65.2 Å². The summed E-state index contributed by atoms with van der Waals surface area (Å²) in [5.74, 6) is 3.02. The third kappa shape index (κ3) is 11.4. The lowest BCUT2D eigenvalue weighted by Gasteiger charge is -1.92. The first kappa shape index (κ1) is 13.4. The van der Waals surface area contributed by atoms with Gasteiger partial charge in [-0.15, -0.1) is 0 Å². The summed E-state index contributed by atoms with van der Waals surface area (Å²) < 4.78 is 0. The Morgan fingerprint density at radius 3 is 2.36 bits per heavy atom. The summed E-state index contributed by atoms with van der Waals surface area (Å²) in [6.07, 6.45) is 12.3. The number of aliphatic imine (C=N–C) groups is 1. The predicted molar refractivity (Wildman–Crippen MR) is 65.2 cm³/mol. The molecule has 0 heterocycles. The van der Waals surface area contributed by atoms with Crippen LogP contribution in [0.5, 0.6) is 0 Å². The Bertz CT molecular complexity index is 155. The fraction of sp³-hybridized carbons (Fsp3) is 0.846. The number of rotatable bonds is 9. The van der Waals surface area contributed by atoms with Gasteiger partial charge in [-0.2, -0.15) is 0 Å². The molecule has 0 radical (unpaired) electrons. The zero-order valence-corrected chi connectivity index (χ0v) is 9.89. The van der Waals surface area contributed by atoms with E-state index in [-0.39, 0.29) is 0 Å². The molecule has 0 saturated heterocycles. The Morgan fingerprint density at radius 1 is 0.929 bits per heavy atom. The van der Waals surface area contributed by atoms with Crippen molar-refractivity contribution in [1.82, 2.24) is 0 Å². The lowest BCUT2D eigenvalue weighted by atomic mass is 10.2. The monoisotopic (exact) mass is 195 g/mol. The zero-order chi connectivity index (χ0) is 10.5. The van der Waals surface area contributed by atoms with E-state index in [1.165, 1.54) is 44.9 Å². The molecule has 0 aliphatic carbocycles. The van der Waals surface area contributed by atoms with Crippen molar-refractivity contribution < 1.29 is 0 Å². The maximum absolute atomic E-state index is 4.22. The fourth-order valence-corrected chi connectivity index (χ4v) is 1.31. The Kier molecular flexibility index (Phi) is 12.0. The number of hydrogen-bond acceptors (Lipinski definition) is 1. The first-order valence-electron chi connectivity index (χ1n) is 6.15. The molecule has 0 rings (SSSR count). The number of nitrogens with zero attached hydrogens (tertiary/aromatic N) is 1. The molecule has 0 spiro atoms. The van der Waals surface area contributed by atoms with E-state index in [2.05, 4.69) is 30.8 Å². The number of unbranched alkanes of at least 4 members (excludes halogenated alkanes) is 6. The smallest absolute Gasteiger partial charge is 0.0483 e. The Morgan fingerprint density at radius 2 is 1.64 bits per heavy atom. The van der Waals surface area contributed by atoms with Crippen LogP contribution in [0.15, 0.2) is 11.1 Å². The zero-order valence-electron chi connectivity index (χ0n) is 9.89. The maximum atomic E-state index is 4.22. The van der Waals surface area contributed by atoms with E-state index in [0.717, 1.165) is 13.0 Å². The van der Waals surface area contributed by atoms with Crippen LogP contribution in [-0.2, 0) is 0 Å². The third-order valence-corrected chi connectivity index (χ3v) is 2.26. The van der Waals surface area contributed by atoms with Crippen LogP contribution in [0.25, 0.3) is 0 Å². The standard InChI is InChI=1S/C13H25N/c1-3-5-7-8-9-11-13-14-12-10-6-4-2/h11H,3-10,12H2,1-2H3. The highest BCUT2D eigenvalue weighted by Crippen LogP contribution is 2.01. The van der Waals surface area contributed by atoms with E-state index in [1.54, 1.807) is 0 Å². The van der Waals surface area contributed by atoms with Crippen molar-refractivity contribution in [3.8, 4) is 0 Å². The van der Waals surface area contributed by atoms with Gasteiger partial charge < -0.3 is 0 Å². The Labute approximate surface area is 89.3 Å². The molecule has 0 saturated carbocycles. The largest absolute Gasteiger partial charge is 0.243 e. The molecule has 1 heteroatoms. The van der Waals surface area contributed by atoms with Gasteiger partial charge in [0.2, 0.25) is 0 Å². The van der Waals surface area contributed by atoms with E-state index < -0.39 is 0 Å². The van der Waals surface area contributed by atoms with Crippen molar-refractivity contribution in [2.75, 3.05) is 6.54 Å². The molecular weight excluding hydrogens is 170 g/mol. The molecule has 0 aromatic carbocycles. The van der Waals surface area contributed by atoms with Crippen molar-refractivity contribution in [2.24, 2.45) is 4.99 Å². The molecule has 0 bridgehead atoms. The molecule has 0 N–H and O–H groups in total. The second-order valence-corrected chi connectivity index (χ2v) is 3.77. The van der Waals surface area contributed by atoms with Gasteiger partial charge in [0.15, 0.2) is 0 Å². The summed E-state index contributed by atoms with van der Waals surface area (Å²) in [5, 5.41) is 0. The van der Waals surface area contributed by atoms with Gasteiger partial charge >= 0.3 is 0 Å². The number of hydrogen-bond donors (Lipinski definition) is 0. The van der Waals surface area contributed by atoms with E-state index >= 15 is 0 Å². The van der Waals surface area contributed by atoms with E-state index in [9.17, 15) is 0 Å². The van der Waals surface area contributed by atoms with Gasteiger partial charge in [-0.3, -0.25) is 0 Å². The van der Waals surface area contributed by atoms with Crippen LogP contribution in [0.2, 0.25) is 0 Å². The molecule has 0 atom stereocenters. The molecule has 0 aromatic heterocycles. The van der Waals surface area contributed by atoms with Gasteiger partial charge in [0.25, 0.3) is 0 Å². The molecule has 0 aliphatic rings. The van der Waals surface area contributed by atoms with Crippen LogP contribution in [0, 0.1) is 0 Å². The lowest BCUT2D eigenvalue weighted by Crippen LogP contribution is -1.79. The molecule has 0 unspecified atom stereocenters. The highest BCUT2D eigenvalue weighted by Gasteiger charge is 1.83. The molecule has 82 valence electrons. The molecule has 0 fully saturated rings. The minimum absolute atomic E-state index is 0.958. The molecule has 0 amide bonds. The summed E-state index contributed by atoms with van der Waals surface area (Å²) >= 11 is 0. The van der Waals surface area contributed by atoms with Crippen LogP contribution in [0.4, 0.5) is 0 Å². The van der Waals surface area contributed by atoms with Crippen LogP contribution in [-0.4, -0.2) is 12.4 Å². The molecule has 14 heavy (non-hydrogen) atoms. The molecule has 0 aliphatic heterocycles. The maximum Gasteiger partial charge on any atom is 0.0483 e. The summed E-state index contributed by atoms with van der Waals surface area (Å²) in [6, 6.07) is 0. The topological polar surface area (TPSA) is 12.4 Å². The summed E-state index contributed by atoms with van der Waals surface area (Å²) in [5.41, 5.74) is 0. The molecular formula is C13H25N. The van der Waals surface area contributed by atoms with Crippen LogP contribution in [0.3, 0.4) is 0 Å². The van der Waals surface area contributed by atoms with Gasteiger partial charge in [-0.05, 0) is 31.2 Å². The van der Waals surface area contributed by atoms with Gasteiger partial charge in [0, 0.05) is 6.54 Å². The summed E-state index contributed by atoms with van der Waals surface area (Å²) in [6.45, 7) is 5.41. The quantitative estimate of drug-likeness (QED) is 0.382. The average molecular weight is 195 g/mol. The molecule has 0 aromatic rings.